The molecular weight excluding hydrogens is 431 g/mol. The molecule has 0 aliphatic carbocycles. The molecule has 1 N–H and O–H groups in total. The minimum absolute atomic E-state index is 0.214. The molecule has 0 fully saturated rings. The van der Waals surface area contributed by atoms with Gasteiger partial charge in [0.2, 0.25) is 0 Å². The molecule has 3 rings (SSSR count). The second kappa shape index (κ2) is 7.67. The van der Waals surface area contributed by atoms with Gasteiger partial charge in [-0.3, -0.25) is 4.79 Å². The van der Waals surface area contributed by atoms with E-state index in [9.17, 15) is 18.0 Å². The first-order valence-corrected chi connectivity index (χ1v) is 9.49. The Morgan fingerprint density at radius 1 is 1.08 bits per heavy atom. The molecule has 3 aromatic rings. The van der Waals surface area contributed by atoms with Crippen molar-refractivity contribution in [2.24, 2.45) is 0 Å². The highest BCUT2D eigenvalue weighted by Crippen LogP contribution is 2.27. The van der Waals surface area contributed by atoms with Crippen molar-refractivity contribution in [3.63, 3.8) is 0 Å². The lowest BCUT2D eigenvalue weighted by Gasteiger charge is -2.09. The van der Waals surface area contributed by atoms with E-state index in [0.717, 1.165) is 21.0 Å². The summed E-state index contributed by atoms with van der Waals surface area (Å²) in [5, 5.41) is 4.52. The van der Waals surface area contributed by atoms with Crippen molar-refractivity contribution in [1.29, 1.82) is 0 Å². The smallest absolute Gasteiger partial charge is 0.406 e. The summed E-state index contributed by atoms with van der Waals surface area (Å²) in [5.74, 6) is -0.512. The number of hydrogen-bond donors (Lipinski definition) is 1. The van der Waals surface area contributed by atoms with E-state index in [0.29, 0.717) is 10.4 Å². The fraction of sp³-hybridized carbons (Fsp3) is 0.167. The normalized spacial score (nSPS) is 11.5. The second-order valence-corrected chi connectivity index (χ2v) is 7.14. The summed E-state index contributed by atoms with van der Waals surface area (Å²) >= 11 is 4.80. The van der Waals surface area contributed by atoms with Crippen molar-refractivity contribution in [3.8, 4) is 5.75 Å². The van der Waals surface area contributed by atoms with Crippen LogP contribution in [0.4, 0.5) is 13.2 Å². The number of rotatable bonds is 5. The van der Waals surface area contributed by atoms with Crippen molar-refractivity contribution in [2.45, 2.75) is 18.2 Å². The topological polar surface area (TPSA) is 38.3 Å². The number of nitrogens with one attached hydrogen (secondary N) is 1. The highest BCUT2D eigenvalue weighted by atomic mass is 79.9. The van der Waals surface area contributed by atoms with Crippen LogP contribution in [-0.4, -0.2) is 12.3 Å². The van der Waals surface area contributed by atoms with Gasteiger partial charge in [-0.1, -0.05) is 34.1 Å². The highest BCUT2D eigenvalue weighted by molar-refractivity contribution is 9.08. The molecule has 3 nitrogen and oxygen atoms in total. The van der Waals surface area contributed by atoms with Crippen LogP contribution in [-0.2, 0) is 11.9 Å². The van der Waals surface area contributed by atoms with Gasteiger partial charge < -0.3 is 10.1 Å². The van der Waals surface area contributed by atoms with E-state index in [1.54, 1.807) is 0 Å². The van der Waals surface area contributed by atoms with E-state index in [1.807, 2.05) is 24.3 Å². The Labute approximate surface area is 159 Å². The summed E-state index contributed by atoms with van der Waals surface area (Å²) in [6.45, 7) is 0.214. The van der Waals surface area contributed by atoms with E-state index in [4.69, 9.17) is 0 Å². The Balaban J connectivity index is 1.63. The molecular formula is C18H13BrF3NO2S. The van der Waals surface area contributed by atoms with Crippen molar-refractivity contribution < 1.29 is 22.7 Å². The summed E-state index contributed by atoms with van der Waals surface area (Å²) in [5.41, 5.74) is 1.80. The number of carbonyl (C=O) groups is 1. The van der Waals surface area contributed by atoms with E-state index in [1.165, 1.54) is 35.6 Å². The lowest BCUT2D eigenvalue weighted by molar-refractivity contribution is -0.274. The first-order valence-electron chi connectivity index (χ1n) is 7.55. The van der Waals surface area contributed by atoms with Crippen LogP contribution in [0.5, 0.6) is 5.75 Å². The van der Waals surface area contributed by atoms with Crippen LogP contribution in [0.25, 0.3) is 10.1 Å². The molecule has 8 heteroatoms. The number of hydrogen-bond acceptors (Lipinski definition) is 3. The molecule has 0 unspecified atom stereocenters. The maximum absolute atomic E-state index is 12.3. The number of amides is 1. The summed E-state index contributed by atoms with van der Waals surface area (Å²) in [7, 11) is 0. The Morgan fingerprint density at radius 3 is 2.42 bits per heavy atom. The number of thiophene rings is 1. The molecule has 0 spiro atoms. The second-order valence-electron chi connectivity index (χ2n) is 5.49. The van der Waals surface area contributed by atoms with Crippen LogP contribution >= 0.6 is 27.3 Å². The number of alkyl halides is 4. The van der Waals surface area contributed by atoms with Crippen LogP contribution in [0.2, 0.25) is 0 Å². The molecule has 1 aromatic heterocycles. The van der Waals surface area contributed by atoms with Crippen LogP contribution in [0.15, 0.2) is 48.5 Å². The summed E-state index contributed by atoms with van der Waals surface area (Å²) < 4.78 is 41.3. The van der Waals surface area contributed by atoms with Crippen LogP contribution < -0.4 is 10.1 Å². The summed E-state index contributed by atoms with van der Waals surface area (Å²) in [4.78, 5) is 12.9. The van der Waals surface area contributed by atoms with Gasteiger partial charge in [0.1, 0.15) is 5.75 Å². The largest absolute Gasteiger partial charge is 0.573 e. The predicted molar refractivity (Wildman–Crippen MR) is 98.8 cm³/mol. The first kappa shape index (κ1) is 18.7. The van der Waals surface area contributed by atoms with Gasteiger partial charge in [-0.15, -0.1) is 24.5 Å². The molecule has 1 heterocycles. The van der Waals surface area contributed by atoms with Gasteiger partial charge in [-0.25, -0.2) is 0 Å². The molecule has 0 aliphatic heterocycles. The van der Waals surface area contributed by atoms with E-state index < -0.39 is 6.36 Å². The van der Waals surface area contributed by atoms with Crippen molar-refractivity contribution in [3.05, 3.63) is 64.5 Å². The van der Waals surface area contributed by atoms with Gasteiger partial charge >= 0.3 is 6.36 Å². The van der Waals surface area contributed by atoms with E-state index >= 15 is 0 Å². The maximum Gasteiger partial charge on any atom is 0.573 e. The van der Waals surface area contributed by atoms with E-state index in [2.05, 4.69) is 26.0 Å². The van der Waals surface area contributed by atoms with Crippen molar-refractivity contribution in [1.82, 2.24) is 5.32 Å². The van der Waals surface area contributed by atoms with Crippen LogP contribution in [0.3, 0.4) is 0 Å². The zero-order chi connectivity index (χ0) is 18.7. The van der Waals surface area contributed by atoms with Crippen molar-refractivity contribution >= 4 is 43.3 Å². The zero-order valence-electron chi connectivity index (χ0n) is 13.3. The van der Waals surface area contributed by atoms with Gasteiger partial charge in [0.05, 0.1) is 4.88 Å². The van der Waals surface area contributed by atoms with Gasteiger partial charge in [-0.2, -0.15) is 0 Å². The highest BCUT2D eigenvalue weighted by Gasteiger charge is 2.30. The molecule has 0 saturated carbocycles. The van der Waals surface area contributed by atoms with Gasteiger partial charge in [0, 0.05) is 16.6 Å². The third-order valence-corrected chi connectivity index (χ3v) is 5.33. The third kappa shape index (κ3) is 4.76. The average molecular weight is 444 g/mol. The lowest BCUT2D eigenvalue weighted by atomic mass is 10.2. The molecule has 0 saturated heterocycles. The molecule has 1 amide bonds. The Hall–Kier alpha value is -2.06. The molecule has 0 radical (unpaired) electrons. The minimum Gasteiger partial charge on any atom is -0.406 e. The number of ether oxygens (including phenoxy) is 1. The molecule has 0 bridgehead atoms. The van der Waals surface area contributed by atoms with Gasteiger partial charge in [-0.05, 0) is 46.8 Å². The predicted octanol–water partition coefficient (Wildman–Crippen LogP) is 5.62. The SMILES string of the molecule is O=C(NCc1ccc(OC(F)(F)F)cc1)c1cc2cc(CBr)ccc2s1. The lowest BCUT2D eigenvalue weighted by Crippen LogP contribution is -2.21. The maximum atomic E-state index is 12.3. The molecule has 0 atom stereocenters. The minimum atomic E-state index is -4.72. The van der Waals surface area contributed by atoms with Crippen LogP contribution in [0, 0.1) is 0 Å². The Bertz CT molecular complexity index is 922. The number of halogens is 4. The van der Waals surface area contributed by atoms with Crippen molar-refractivity contribution in [2.75, 3.05) is 0 Å². The van der Waals surface area contributed by atoms with Gasteiger partial charge in [0.15, 0.2) is 0 Å². The monoisotopic (exact) mass is 443 g/mol. The fourth-order valence-corrected chi connectivity index (χ4v) is 3.67. The van der Waals surface area contributed by atoms with Gasteiger partial charge in [0.25, 0.3) is 5.91 Å². The zero-order valence-corrected chi connectivity index (χ0v) is 15.7. The average Bonchev–Trinajstić information content (AvgIpc) is 3.02. The summed E-state index contributed by atoms with van der Waals surface area (Å²) in [6.07, 6.45) is -4.72. The number of benzene rings is 2. The fourth-order valence-electron chi connectivity index (χ4n) is 2.37. The number of carbonyl (C=O) groups excluding carboxylic acids is 1. The van der Waals surface area contributed by atoms with E-state index in [-0.39, 0.29) is 18.2 Å². The Kier molecular flexibility index (Phi) is 5.52. The third-order valence-electron chi connectivity index (χ3n) is 3.57. The standard InChI is InChI=1S/C18H13BrF3NO2S/c19-9-12-3-6-15-13(7-12)8-16(26-15)17(24)23-10-11-1-4-14(5-2-11)25-18(20,21)22/h1-8H,9-10H2,(H,23,24). The first-order chi connectivity index (χ1) is 12.3. The molecule has 0 aliphatic rings. The molecule has 26 heavy (non-hydrogen) atoms. The number of fused-ring (bicyclic) bond motifs is 1. The van der Waals surface area contributed by atoms with Crippen LogP contribution in [0.1, 0.15) is 20.8 Å². The Morgan fingerprint density at radius 2 is 1.77 bits per heavy atom. The molecule has 136 valence electrons. The quantitative estimate of drug-likeness (QED) is 0.519. The molecule has 2 aromatic carbocycles. The summed E-state index contributed by atoms with van der Waals surface area (Å²) in [6, 6.07) is 13.2.